The maximum Gasteiger partial charge on any atom is 0.127 e. The molecule has 0 aliphatic rings. The minimum atomic E-state index is -0.369. The molecule has 4 atom stereocenters. The van der Waals surface area contributed by atoms with Gasteiger partial charge in [0.1, 0.15) is 34.5 Å². The molecule has 0 aliphatic heterocycles. The molecule has 6 aromatic carbocycles. The number of rotatable bonds is 20. The molecule has 308 valence electrons. The van der Waals surface area contributed by atoms with Gasteiger partial charge in [-0.2, -0.15) is 0 Å². The minimum absolute atomic E-state index is 0.222. The zero-order chi connectivity index (χ0) is 41.8. The van der Waals surface area contributed by atoms with Crippen molar-refractivity contribution in [3.8, 4) is 34.5 Å². The number of hydrogen-bond acceptors (Lipinski definition) is 5. The third-order valence-electron chi connectivity index (χ3n) is 12.1. The van der Waals surface area contributed by atoms with E-state index in [0.29, 0.717) is 26.1 Å². The molecule has 4 unspecified atom stereocenters. The summed E-state index contributed by atoms with van der Waals surface area (Å²) >= 11 is 0. The monoisotopic (exact) mass is 790 g/mol. The minimum Gasteiger partial charge on any atom is -0.494 e. The Balaban J connectivity index is 1.46. The molecule has 6 rings (SSSR count). The Morgan fingerprint density at radius 3 is 1.19 bits per heavy atom. The van der Waals surface area contributed by atoms with Crippen LogP contribution in [0.15, 0.2) is 146 Å². The summed E-state index contributed by atoms with van der Waals surface area (Å²) in [6.45, 7) is 18.9. The van der Waals surface area contributed by atoms with Gasteiger partial charge in [-0.05, 0) is 147 Å². The molecular weight excluding hydrogens is 729 g/mol. The molecule has 5 heteroatoms. The van der Waals surface area contributed by atoms with Gasteiger partial charge < -0.3 is 23.7 Å². The van der Waals surface area contributed by atoms with Crippen molar-refractivity contribution in [2.45, 2.75) is 104 Å². The molecule has 0 radical (unpaired) electrons. The Hall–Kier alpha value is -5.52. The van der Waals surface area contributed by atoms with Crippen LogP contribution in [0.1, 0.15) is 87.8 Å². The van der Waals surface area contributed by atoms with Crippen LogP contribution in [-0.2, 0) is 28.4 Å². The molecule has 0 saturated heterocycles. The van der Waals surface area contributed by atoms with Gasteiger partial charge in [0.05, 0.1) is 25.4 Å². The highest BCUT2D eigenvalue weighted by Gasteiger charge is 2.43. The summed E-state index contributed by atoms with van der Waals surface area (Å²) < 4.78 is 32.6. The third kappa shape index (κ3) is 10.6. The summed E-state index contributed by atoms with van der Waals surface area (Å²) in [6, 6.07) is 50.2. The van der Waals surface area contributed by atoms with Crippen LogP contribution >= 0.6 is 0 Å². The van der Waals surface area contributed by atoms with E-state index in [9.17, 15) is 0 Å². The van der Waals surface area contributed by atoms with Crippen LogP contribution in [0, 0.1) is 13.8 Å². The second-order valence-corrected chi connectivity index (χ2v) is 16.0. The van der Waals surface area contributed by atoms with Gasteiger partial charge >= 0.3 is 0 Å². The normalized spacial score (nSPS) is 14.4. The molecule has 59 heavy (non-hydrogen) atoms. The van der Waals surface area contributed by atoms with Crippen LogP contribution in [0.2, 0.25) is 0 Å². The molecule has 0 N–H and O–H groups in total. The van der Waals surface area contributed by atoms with Crippen molar-refractivity contribution in [3.63, 3.8) is 0 Å². The topological polar surface area (TPSA) is 46.2 Å². The fourth-order valence-electron chi connectivity index (χ4n) is 8.07. The molecule has 6 aromatic rings. The lowest BCUT2D eigenvalue weighted by atomic mass is 9.70. The van der Waals surface area contributed by atoms with E-state index >= 15 is 0 Å². The summed E-state index contributed by atoms with van der Waals surface area (Å²) in [4.78, 5) is 0. The Morgan fingerprint density at radius 2 is 0.831 bits per heavy atom. The number of para-hydroxylation sites is 2. The fourth-order valence-corrected chi connectivity index (χ4v) is 8.07. The van der Waals surface area contributed by atoms with Crippen LogP contribution in [0.25, 0.3) is 0 Å². The van der Waals surface area contributed by atoms with Crippen LogP contribution in [0.3, 0.4) is 0 Å². The summed E-state index contributed by atoms with van der Waals surface area (Å²) in [6.07, 6.45) is 2.64. The molecule has 0 bridgehead atoms. The van der Waals surface area contributed by atoms with Gasteiger partial charge in [-0.3, -0.25) is 0 Å². The van der Waals surface area contributed by atoms with E-state index in [-0.39, 0.29) is 23.0 Å². The van der Waals surface area contributed by atoms with E-state index in [1.54, 1.807) is 0 Å². The molecule has 0 aromatic heterocycles. The third-order valence-corrected chi connectivity index (χ3v) is 12.1. The zero-order valence-electron chi connectivity index (χ0n) is 36.3. The number of benzene rings is 6. The van der Waals surface area contributed by atoms with E-state index in [4.69, 9.17) is 23.7 Å². The standard InChI is InChI=1S/C54H62O5/c1-9-53(7,43-29-31-49(55-11-3)39(5)33-43)51(37-41-21-19-27-47(35-41)57-45-23-15-13-16-24-45)59-52(54(8,10-2)44-30-32-50(56-12-4)40(6)34-44)38-42-22-20-28-48(36-42)58-46-25-17-14-18-26-46/h13-36,51-52H,9-12,37-38H2,1-8H3. The van der Waals surface area contributed by atoms with Crippen LogP contribution in [-0.4, -0.2) is 25.4 Å². The lowest BCUT2D eigenvalue weighted by molar-refractivity contribution is -0.0840. The second-order valence-electron chi connectivity index (χ2n) is 16.0. The predicted octanol–water partition coefficient (Wildman–Crippen LogP) is 14.0. The van der Waals surface area contributed by atoms with Gasteiger partial charge in [-0.1, -0.05) is 113 Å². The molecule has 0 heterocycles. The zero-order valence-corrected chi connectivity index (χ0v) is 36.3. The van der Waals surface area contributed by atoms with Gasteiger partial charge in [-0.25, -0.2) is 0 Å². The van der Waals surface area contributed by atoms with E-state index in [2.05, 4.69) is 114 Å². The molecule has 0 fully saturated rings. The average molecular weight is 791 g/mol. The Bertz CT molecular complexity index is 2080. The summed E-state index contributed by atoms with van der Waals surface area (Å²) in [5.41, 5.74) is 6.27. The fraction of sp³-hybridized carbons (Fsp3) is 0.333. The first-order valence-electron chi connectivity index (χ1n) is 21.4. The highest BCUT2D eigenvalue weighted by Crippen LogP contribution is 2.43. The first kappa shape index (κ1) is 43.1. The molecule has 0 aliphatic carbocycles. The Kier molecular flexibility index (Phi) is 14.6. The van der Waals surface area contributed by atoms with E-state index in [0.717, 1.165) is 69.6 Å². The van der Waals surface area contributed by atoms with Crippen molar-refractivity contribution >= 4 is 0 Å². The quantitative estimate of drug-likeness (QED) is 0.0771. The van der Waals surface area contributed by atoms with Crippen molar-refractivity contribution in [1.82, 2.24) is 0 Å². The smallest absolute Gasteiger partial charge is 0.127 e. The molecule has 0 amide bonds. The van der Waals surface area contributed by atoms with E-state index in [1.165, 1.54) is 11.1 Å². The van der Waals surface area contributed by atoms with E-state index < -0.39 is 0 Å². The largest absolute Gasteiger partial charge is 0.494 e. The van der Waals surface area contributed by atoms with Gasteiger partial charge in [-0.15, -0.1) is 0 Å². The van der Waals surface area contributed by atoms with E-state index in [1.807, 2.05) is 86.6 Å². The second kappa shape index (κ2) is 20.0. The van der Waals surface area contributed by atoms with Gasteiger partial charge in [0, 0.05) is 10.8 Å². The van der Waals surface area contributed by atoms with Crippen LogP contribution in [0.4, 0.5) is 0 Å². The molecule has 0 saturated carbocycles. The van der Waals surface area contributed by atoms with Crippen molar-refractivity contribution in [2.24, 2.45) is 0 Å². The lowest BCUT2D eigenvalue weighted by Crippen LogP contribution is -2.48. The first-order valence-corrected chi connectivity index (χ1v) is 21.4. The highest BCUT2D eigenvalue weighted by atomic mass is 16.5. The Morgan fingerprint density at radius 1 is 0.441 bits per heavy atom. The molecule has 0 spiro atoms. The number of ether oxygens (including phenoxy) is 5. The van der Waals surface area contributed by atoms with Crippen LogP contribution < -0.4 is 18.9 Å². The number of aryl methyl sites for hydroxylation is 2. The van der Waals surface area contributed by atoms with Crippen molar-refractivity contribution in [2.75, 3.05) is 13.2 Å². The predicted molar refractivity (Wildman–Crippen MR) is 242 cm³/mol. The summed E-state index contributed by atoms with van der Waals surface area (Å²) in [7, 11) is 0. The Labute approximate surface area is 353 Å². The molecule has 5 nitrogen and oxygen atoms in total. The highest BCUT2D eigenvalue weighted by molar-refractivity contribution is 5.43. The maximum atomic E-state index is 7.89. The van der Waals surface area contributed by atoms with Crippen molar-refractivity contribution in [1.29, 1.82) is 0 Å². The van der Waals surface area contributed by atoms with Crippen molar-refractivity contribution < 1.29 is 23.7 Å². The van der Waals surface area contributed by atoms with Gasteiger partial charge in [0.25, 0.3) is 0 Å². The average Bonchev–Trinajstić information content (AvgIpc) is 3.25. The first-order chi connectivity index (χ1) is 28.6. The number of hydrogen-bond donors (Lipinski definition) is 0. The van der Waals surface area contributed by atoms with Crippen LogP contribution in [0.5, 0.6) is 34.5 Å². The van der Waals surface area contributed by atoms with Crippen molar-refractivity contribution in [3.05, 3.63) is 179 Å². The summed E-state index contributed by atoms with van der Waals surface area (Å²) in [5.74, 6) is 5.05. The lowest BCUT2D eigenvalue weighted by Gasteiger charge is -2.45. The maximum absolute atomic E-state index is 7.89. The van der Waals surface area contributed by atoms with Gasteiger partial charge in [0.2, 0.25) is 0 Å². The van der Waals surface area contributed by atoms with Gasteiger partial charge in [0.15, 0.2) is 0 Å². The molecular formula is C54H62O5. The SMILES string of the molecule is CCOc1ccc(C(C)(CC)C(Cc2cccc(Oc3ccccc3)c2)OC(Cc2cccc(Oc3ccccc3)c2)C(C)(CC)c2ccc(OCC)c(C)c2)cc1C. The summed E-state index contributed by atoms with van der Waals surface area (Å²) in [5, 5.41) is 0.